The number of aromatic nitrogens is 1. The molecule has 5 heteroatoms. The summed E-state index contributed by atoms with van der Waals surface area (Å²) in [6, 6.07) is 5.13. The molecule has 1 N–H and O–H groups in total. The van der Waals surface area contributed by atoms with Crippen molar-refractivity contribution in [2.75, 3.05) is 6.61 Å². The molecule has 0 saturated carbocycles. The number of unbranched alkanes of at least 4 members (excludes halogenated alkanes) is 1. The Morgan fingerprint density at radius 2 is 2.47 bits per heavy atom. The van der Waals surface area contributed by atoms with Crippen LogP contribution >= 0.6 is 0 Å². The highest BCUT2D eigenvalue weighted by molar-refractivity contribution is 5.88. The van der Waals surface area contributed by atoms with Gasteiger partial charge in [0, 0.05) is 12.6 Å². The fourth-order valence-electron chi connectivity index (χ4n) is 1.00. The zero-order valence-corrected chi connectivity index (χ0v) is 8.01. The highest BCUT2D eigenvalue weighted by atomic mass is 16.5. The molecule has 0 amide bonds. The molecule has 15 heavy (non-hydrogen) atoms. The minimum Gasteiger partial charge on any atom is -0.491 e. The molecule has 78 valence electrons. The monoisotopic (exact) mass is 206 g/mol. The van der Waals surface area contributed by atoms with Crippen LogP contribution < -0.4 is 4.74 Å². The van der Waals surface area contributed by atoms with E-state index in [0.717, 1.165) is 0 Å². The van der Waals surface area contributed by atoms with Gasteiger partial charge in [0.15, 0.2) is 11.4 Å². The number of ether oxygens (including phenoxy) is 1. The maximum Gasteiger partial charge on any atom is 0.358 e. The number of hydrogen-bond acceptors (Lipinski definition) is 4. The molecule has 0 fully saturated rings. The van der Waals surface area contributed by atoms with E-state index in [2.05, 4.69) is 4.98 Å². The largest absolute Gasteiger partial charge is 0.491 e. The highest BCUT2D eigenvalue weighted by Gasteiger charge is 2.11. The second kappa shape index (κ2) is 5.60. The maximum atomic E-state index is 10.7. The quantitative estimate of drug-likeness (QED) is 0.737. The molecule has 0 spiro atoms. The molecule has 0 radical (unpaired) electrons. The van der Waals surface area contributed by atoms with Crippen LogP contribution in [0.25, 0.3) is 0 Å². The minimum absolute atomic E-state index is 0.102. The lowest BCUT2D eigenvalue weighted by atomic mass is 10.3. The SMILES string of the molecule is N#CCCCOc1cccnc1C(=O)O. The van der Waals surface area contributed by atoms with Gasteiger partial charge in [-0.2, -0.15) is 5.26 Å². The molecule has 0 aliphatic rings. The molecule has 1 heterocycles. The van der Waals surface area contributed by atoms with Gasteiger partial charge < -0.3 is 9.84 Å². The van der Waals surface area contributed by atoms with Crippen molar-refractivity contribution in [3.8, 4) is 11.8 Å². The Kier molecular flexibility index (Phi) is 4.10. The topological polar surface area (TPSA) is 83.2 Å². The van der Waals surface area contributed by atoms with Crippen LogP contribution in [0.1, 0.15) is 23.3 Å². The van der Waals surface area contributed by atoms with Crippen LogP contribution in [0.3, 0.4) is 0 Å². The third-order valence-corrected chi connectivity index (χ3v) is 1.66. The van der Waals surface area contributed by atoms with Crippen LogP contribution in [0.4, 0.5) is 0 Å². The highest BCUT2D eigenvalue weighted by Crippen LogP contribution is 2.15. The molecule has 1 aromatic heterocycles. The van der Waals surface area contributed by atoms with Gasteiger partial charge in [-0.15, -0.1) is 0 Å². The Morgan fingerprint density at radius 1 is 1.67 bits per heavy atom. The molecule has 0 bridgehead atoms. The zero-order valence-electron chi connectivity index (χ0n) is 8.01. The summed E-state index contributed by atoms with van der Waals surface area (Å²) in [4.78, 5) is 14.4. The number of carbonyl (C=O) groups is 1. The number of nitrogens with zero attached hydrogens (tertiary/aromatic N) is 2. The first kappa shape index (κ1) is 11.0. The standard InChI is InChI=1S/C10H10N2O3/c11-5-1-2-7-15-8-4-3-6-12-9(8)10(13)14/h3-4,6H,1-2,7H2,(H,13,14). The van der Waals surface area contributed by atoms with Crippen molar-refractivity contribution in [3.05, 3.63) is 24.0 Å². The smallest absolute Gasteiger partial charge is 0.358 e. The van der Waals surface area contributed by atoms with Crippen molar-refractivity contribution in [2.45, 2.75) is 12.8 Å². The average molecular weight is 206 g/mol. The number of carboxylic acids is 1. The van der Waals surface area contributed by atoms with Crippen molar-refractivity contribution in [2.24, 2.45) is 0 Å². The van der Waals surface area contributed by atoms with E-state index in [-0.39, 0.29) is 11.4 Å². The first-order valence-corrected chi connectivity index (χ1v) is 4.43. The summed E-state index contributed by atoms with van der Waals surface area (Å²) in [5, 5.41) is 17.1. The molecule has 0 atom stereocenters. The Morgan fingerprint density at radius 3 is 3.13 bits per heavy atom. The number of nitriles is 1. The number of carboxylic acid groups (broad SMARTS) is 1. The predicted octanol–water partition coefficient (Wildman–Crippen LogP) is 1.46. The van der Waals surface area contributed by atoms with Crippen LogP contribution in [-0.4, -0.2) is 22.7 Å². The van der Waals surface area contributed by atoms with Crippen LogP contribution in [0.2, 0.25) is 0 Å². The predicted molar refractivity (Wildman–Crippen MR) is 51.5 cm³/mol. The van der Waals surface area contributed by atoms with Gasteiger partial charge >= 0.3 is 5.97 Å². The first-order valence-electron chi connectivity index (χ1n) is 4.43. The van der Waals surface area contributed by atoms with Gasteiger partial charge in [-0.05, 0) is 18.6 Å². The summed E-state index contributed by atoms with van der Waals surface area (Å²) in [7, 11) is 0. The van der Waals surface area contributed by atoms with Crippen molar-refractivity contribution in [1.82, 2.24) is 4.98 Å². The van der Waals surface area contributed by atoms with Crippen LogP contribution in [0, 0.1) is 11.3 Å². The van der Waals surface area contributed by atoms with Crippen molar-refractivity contribution < 1.29 is 14.6 Å². The molecular weight excluding hydrogens is 196 g/mol. The van der Waals surface area contributed by atoms with E-state index in [0.29, 0.717) is 19.4 Å². The lowest BCUT2D eigenvalue weighted by Crippen LogP contribution is -2.06. The van der Waals surface area contributed by atoms with Gasteiger partial charge in [-0.1, -0.05) is 0 Å². The van der Waals surface area contributed by atoms with E-state index < -0.39 is 5.97 Å². The number of hydrogen-bond donors (Lipinski definition) is 1. The van der Waals surface area contributed by atoms with Gasteiger partial charge in [0.1, 0.15) is 0 Å². The zero-order chi connectivity index (χ0) is 11.1. The first-order chi connectivity index (χ1) is 7.25. The molecule has 0 saturated heterocycles. The number of rotatable bonds is 5. The van der Waals surface area contributed by atoms with E-state index >= 15 is 0 Å². The normalized spacial score (nSPS) is 9.27. The Labute approximate surface area is 86.9 Å². The molecule has 1 rings (SSSR count). The lowest BCUT2D eigenvalue weighted by Gasteiger charge is -2.06. The van der Waals surface area contributed by atoms with Crippen LogP contribution in [-0.2, 0) is 0 Å². The fourth-order valence-corrected chi connectivity index (χ4v) is 1.00. The number of pyridine rings is 1. The molecule has 5 nitrogen and oxygen atoms in total. The maximum absolute atomic E-state index is 10.7. The van der Waals surface area contributed by atoms with E-state index in [9.17, 15) is 4.79 Å². The van der Waals surface area contributed by atoms with Crippen molar-refractivity contribution in [3.63, 3.8) is 0 Å². The molecule has 1 aromatic rings. The van der Waals surface area contributed by atoms with E-state index in [1.807, 2.05) is 6.07 Å². The third-order valence-electron chi connectivity index (χ3n) is 1.66. The van der Waals surface area contributed by atoms with Crippen LogP contribution in [0.5, 0.6) is 5.75 Å². The molecule has 0 aliphatic carbocycles. The summed E-state index contributed by atoms with van der Waals surface area (Å²) >= 11 is 0. The fraction of sp³-hybridized carbons (Fsp3) is 0.300. The Bertz CT molecular complexity index is 384. The minimum atomic E-state index is -1.12. The molecular formula is C10H10N2O3. The average Bonchev–Trinajstić information content (AvgIpc) is 2.25. The van der Waals surface area contributed by atoms with Crippen LogP contribution in [0.15, 0.2) is 18.3 Å². The number of aromatic carboxylic acids is 1. The third kappa shape index (κ3) is 3.27. The van der Waals surface area contributed by atoms with Gasteiger partial charge in [0.25, 0.3) is 0 Å². The van der Waals surface area contributed by atoms with Crippen molar-refractivity contribution in [1.29, 1.82) is 5.26 Å². The summed E-state index contributed by atoms with van der Waals surface area (Å²) in [5.41, 5.74) is -0.102. The second-order valence-corrected chi connectivity index (χ2v) is 2.77. The van der Waals surface area contributed by atoms with Gasteiger partial charge in [0.2, 0.25) is 0 Å². The molecule has 0 aliphatic heterocycles. The van der Waals surface area contributed by atoms with Gasteiger partial charge in [0.05, 0.1) is 12.7 Å². The molecule has 0 aromatic carbocycles. The Balaban J connectivity index is 2.60. The molecule has 0 unspecified atom stereocenters. The second-order valence-electron chi connectivity index (χ2n) is 2.77. The summed E-state index contributed by atoms with van der Waals surface area (Å²) in [5.74, 6) is -0.881. The summed E-state index contributed by atoms with van der Waals surface area (Å²) < 4.78 is 5.21. The van der Waals surface area contributed by atoms with E-state index in [4.69, 9.17) is 15.1 Å². The van der Waals surface area contributed by atoms with Gasteiger partial charge in [-0.25, -0.2) is 9.78 Å². The van der Waals surface area contributed by atoms with E-state index in [1.54, 1.807) is 12.1 Å². The summed E-state index contributed by atoms with van der Waals surface area (Å²) in [6.45, 7) is 0.319. The van der Waals surface area contributed by atoms with E-state index in [1.165, 1.54) is 6.20 Å². The van der Waals surface area contributed by atoms with Crippen molar-refractivity contribution >= 4 is 5.97 Å². The summed E-state index contributed by atoms with van der Waals surface area (Å²) in [6.07, 6.45) is 2.36. The Hall–Kier alpha value is -2.09. The van der Waals surface area contributed by atoms with Gasteiger partial charge in [-0.3, -0.25) is 0 Å². The lowest BCUT2D eigenvalue weighted by molar-refractivity contribution is 0.0685.